The van der Waals surface area contributed by atoms with Crippen LogP contribution in [0, 0.1) is 0 Å². The van der Waals surface area contributed by atoms with Crippen LogP contribution < -0.4 is 10.5 Å². The lowest BCUT2D eigenvalue weighted by molar-refractivity contribution is 0.00834. The van der Waals surface area contributed by atoms with E-state index in [0.717, 1.165) is 23.7 Å². The summed E-state index contributed by atoms with van der Waals surface area (Å²) in [5.41, 5.74) is 6.10. The van der Waals surface area contributed by atoms with Crippen molar-refractivity contribution in [3.8, 4) is 5.75 Å². The summed E-state index contributed by atoms with van der Waals surface area (Å²) in [6, 6.07) is 5.56. The van der Waals surface area contributed by atoms with Gasteiger partial charge in [-0.1, -0.05) is 15.9 Å². The van der Waals surface area contributed by atoms with Gasteiger partial charge in [0.25, 0.3) is 5.91 Å². The summed E-state index contributed by atoms with van der Waals surface area (Å²) in [5.74, 6) is 0.657. The van der Waals surface area contributed by atoms with Gasteiger partial charge in [-0.15, -0.1) is 12.4 Å². The van der Waals surface area contributed by atoms with E-state index in [1.807, 2.05) is 36.9 Å². The molecule has 0 unspecified atom stereocenters. The van der Waals surface area contributed by atoms with Crippen LogP contribution in [0.25, 0.3) is 0 Å². The first-order valence-corrected chi connectivity index (χ1v) is 9.37. The van der Waals surface area contributed by atoms with Crippen molar-refractivity contribution < 1.29 is 14.3 Å². The largest absolute Gasteiger partial charge is 0.490 e. The molecule has 1 aromatic carbocycles. The van der Waals surface area contributed by atoms with Crippen LogP contribution in [0.1, 0.15) is 43.5 Å². The Labute approximate surface area is 164 Å². The van der Waals surface area contributed by atoms with Gasteiger partial charge in [-0.3, -0.25) is 4.79 Å². The summed E-state index contributed by atoms with van der Waals surface area (Å²) in [4.78, 5) is 14.7. The molecule has 1 saturated heterocycles. The molecule has 0 spiro atoms. The molecule has 1 aliphatic rings. The van der Waals surface area contributed by atoms with Gasteiger partial charge in [0.15, 0.2) is 0 Å². The van der Waals surface area contributed by atoms with Crippen LogP contribution in [-0.4, -0.2) is 49.3 Å². The molecule has 142 valence electrons. The van der Waals surface area contributed by atoms with Crippen molar-refractivity contribution in [1.29, 1.82) is 0 Å². The monoisotopic (exact) mass is 434 g/mol. The second-order valence-electron chi connectivity index (χ2n) is 6.31. The Balaban J connectivity index is 0.00000312. The summed E-state index contributed by atoms with van der Waals surface area (Å²) < 4.78 is 12.5. The lowest BCUT2D eigenvalue weighted by Gasteiger charge is -2.32. The van der Waals surface area contributed by atoms with Crippen molar-refractivity contribution in [2.24, 2.45) is 5.73 Å². The average molecular weight is 436 g/mol. The standard InChI is InChI=1S/C18H27BrN2O3.ClH/c1-13(2)24-17-12-14(19)4-5-16(17)18(22)21-9-6-15(7-10-21)23-11-3-8-20;/h4-5,12-13,15H,3,6-11,20H2,1-2H3;1H. The topological polar surface area (TPSA) is 64.8 Å². The minimum atomic E-state index is 0. The number of hydrogen-bond donors (Lipinski definition) is 1. The van der Waals surface area contributed by atoms with Crippen molar-refractivity contribution in [2.75, 3.05) is 26.2 Å². The summed E-state index contributed by atoms with van der Waals surface area (Å²) in [6.45, 7) is 6.69. The van der Waals surface area contributed by atoms with Gasteiger partial charge in [0.05, 0.1) is 17.8 Å². The number of piperidine rings is 1. The van der Waals surface area contributed by atoms with Crippen molar-refractivity contribution in [1.82, 2.24) is 4.90 Å². The van der Waals surface area contributed by atoms with E-state index in [4.69, 9.17) is 15.2 Å². The minimum absolute atomic E-state index is 0. The van der Waals surface area contributed by atoms with Crippen molar-refractivity contribution in [3.63, 3.8) is 0 Å². The zero-order valence-electron chi connectivity index (χ0n) is 14.9. The minimum Gasteiger partial charge on any atom is -0.490 e. The third kappa shape index (κ3) is 6.77. The molecule has 1 heterocycles. The van der Waals surface area contributed by atoms with Crippen molar-refractivity contribution in [3.05, 3.63) is 28.2 Å². The van der Waals surface area contributed by atoms with E-state index >= 15 is 0 Å². The Hall–Kier alpha value is -0.820. The third-order valence-electron chi connectivity index (χ3n) is 3.97. The Morgan fingerprint density at radius 2 is 2.04 bits per heavy atom. The van der Waals surface area contributed by atoms with Gasteiger partial charge >= 0.3 is 0 Å². The molecule has 0 saturated carbocycles. The van der Waals surface area contributed by atoms with Crippen LogP contribution in [0.4, 0.5) is 0 Å². The SMILES string of the molecule is CC(C)Oc1cc(Br)ccc1C(=O)N1CCC(OCCCN)CC1.Cl. The molecular formula is C18H28BrClN2O3. The first kappa shape index (κ1) is 22.2. The quantitative estimate of drug-likeness (QED) is 0.664. The molecule has 2 rings (SSSR count). The average Bonchev–Trinajstić information content (AvgIpc) is 2.55. The summed E-state index contributed by atoms with van der Waals surface area (Å²) in [6.07, 6.45) is 2.87. The molecule has 0 atom stereocenters. The highest BCUT2D eigenvalue weighted by Gasteiger charge is 2.26. The molecule has 1 aromatic rings. The van der Waals surface area contributed by atoms with E-state index in [2.05, 4.69) is 15.9 Å². The van der Waals surface area contributed by atoms with E-state index in [9.17, 15) is 4.79 Å². The lowest BCUT2D eigenvalue weighted by Crippen LogP contribution is -2.41. The fourth-order valence-electron chi connectivity index (χ4n) is 2.75. The van der Waals surface area contributed by atoms with E-state index in [0.29, 0.717) is 37.6 Å². The highest BCUT2D eigenvalue weighted by molar-refractivity contribution is 9.10. The number of likely N-dealkylation sites (tertiary alicyclic amines) is 1. The second kappa shape index (κ2) is 11.0. The van der Waals surface area contributed by atoms with Gasteiger partial charge in [-0.2, -0.15) is 0 Å². The highest BCUT2D eigenvalue weighted by Crippen LogP contribution is 2.27. The van der Waals surface area contributed by atoms with Crippen molar-refractivity contribution in [2.45, 2.75) is 45.3 Å². The number of rotatable bonds is 7. The molecule has 1 aliphatic heterocycles. The number of amides is 1. The number of hydrogen-bond acceptors (Lipinski definition) is 4. The number of nitrogens with two attached hydrogens (primary N) is 1. The molecule has 0 aliphatic carbocycles. The molecular weight excluding hydrogens is 408 g/mol. The van der Waals surface area contributed by atoms with E-state index in [1.54, 1.807) is 0 Å². The normalized spacial score (nSPS) is 15.2. The number of nitrogens with zero attached hydrogens (tertiary/aromatic N) is 1. The molecule has 1 fully saturated rings. The predicted octanol–water partition coefficient (Wildman–Crippen LogP) is 3.63. The smallest absolute Gasteiger partial charge is 0.257 e. The number of halogens is 2. The summed E-state index contributed by atoms with van der Waals surface area (Å²) >= 11 is 3.44. The molecule has 0 radical (unpaired) electrons. The van der Waals surface area contributed by atoms with E-state index in [-0.39, 0.29) is 30.5 Å². The van der Waals surface area contributed by atoms with E-state index < -0.39 is 0 Å². The molecule has 25 heavy (non-hydrogen) atoms. The van der Waals surface area contributed by atoms with Gasteiger partial charge in [0.1, 0.15) is 5.75 Å². The highest BCUT2D eigenvalue weighted by atomic mass is 79.9. The van der Waals surface area contributed by atoms with Gasteiger partial charge in [-0.05, 0) is 57.9 Å². The third-order valence-corrected chi connectivity index (χ3v) is 4.46. The summed E-state index contributed by atoms with van der Waals surface area (Å²) in [7, 11) is 0. The van der Waals surface area contributed by atoms with Crippen LogP contribution in [0.2, 0.25) is 0 Å². The van der Waals surface area contributed by atoms with Crippen LogP contribution in [0.5, 0.6) is 5.75 Å². The van der Waals surface area contributed by atoms with Gasteiger partial charge in [0.2, 0.25) is 0 Å². The van der Waals surface area contributed by atoms with Gasteiger partial charge in [-0.25, -0.2) is 0 Å². The second-order valence-corrected chi connectivity index (χ2v) is 7.23. The number of carbonyl (C=O) groups excluding carboxylic acids is 1. The molecule has 1 amide bonds. The zero-order valence-corrected chi connectivity index (χ0v) is 17.3. The Morgan fingerprint density at radius 1 is 1.36 bits per heavy atom. The zero-order chi connectivity index (χ0) is 17.5. The first-order chi connectivity index (χ1) is 11.5. The first-order valence-electron chi connectivity index (χ1n) is 8.58. The molecule has 5 nitrogen and oxygen atoms in total. The van der Waals surface area contributed by atoms with Gasteiger partial charge < -0.3 is 20.1 Å². The van der Waals surface area contributed by atoms with Crippen LogP contribution in [-0.2, 0) is 4.74 Å². The lowest BCUT2D eigenvalue weighted by atomic mass is 10.1. The maximum Gasteiger partial charge on any atom is 0.257 e. The fraction of sp³-hybridized carbons (Fsp3) is 0.611. The Kier molecular flexibility index (Phi) is 9.79. The summed E-state index contributed by atoms with van der Waals surface area (Å²) in [5, 5.41) is 0. The number of ether oxygens (including phenoxy) is 2. The fourth-order valence-corrected chi connectivity index (χ4v) is 3.09. The maximum absolute atomic E-state index is 12.9. The maximum atomic E-state index is 12.9. The van der Waals surface area contributed by atoms with Crippen molar-refractivity contribution >= 4 is 34.2 Å². The van der Waals surface area contributed by atoms with E-state index in [1.165, 1.54) is 0 Å². The Bertz CT molecular complexity index is 549. The molecule has 2 N–H and O–H groups in total. The van der Waals surface area contributed by atoms with Gasteiger partial charge in [0, 0.05) is 24.2 Å². The Morgan fingerprint density at radius 3 is 2.64 bits per heavy atom. The molecule has 0 bridgehead atoms. The predicted molar refractivity (Wildman–Crippen MR) is 106 cm³/mol. The number of benzene rings is 1. The molecule has 7 heteroatoms. The number of carbonyl (C=O) groups is 1. The van der Waals surface area contributed by atoms with Crippen LogP contribution in [0.3, 0.4) is 0 Å². The van der Waals surface area contributed by atoms with Crippen LogP contribution in [0.15, 0.2) is 22.7 Å². The van der Waals surface area contributed by atoms with Crippen LogP contribution >= 0.6 is 28.3 Å². The molecule has 0 aromatic heterocycles.